The van der Waals surface area contributed by atoms with Gasteiger partial charge in [-0.1, -0.05) is 54.6 Å². The molecule has 1 N–H and O–H groups in total. The van der Waals surface area contributed by atoms with Gasteiger partial charge in [-0.25, -0.2) is 4.39 Å². The van der Waals surface area contributed by atoms with Gasteiger partial charge in [0.05, 0.1) is 13.2 Å². The number of halogens is 1. The number of nitrogens with one attached hydrogen (secondary N) is 1. The monoisotopic (exact) mass is 470 g/mol. The van der Waals surface area contributed by atoms with Gasteiger partial charge in [0.25, 0.3) is 5.91 Å². The number of rotatable bonds is 7. The lowest BCUT2D eigenvalue weighted by Gasteiger charge is -2.26. The molecule has 1 aliphatic rings. The van der Waals surface area contributed by atoms with Crippen LogP contribution in [0.3, 0.4) is 0 Å². The lowest BCUT2D eigenvalue weighted by molar-refractivity contribution is 0.0323. The first kappa shape index (κ1) is 23.0. The summed E-state index contributed by atoms with van der Waals surface area (Å²) in [6, 6.07) is 25.2. The Morgan fingerprint density at radius 3 is 2.51 bits per heavy atom. The van der Waals surface area contributed by atoms with Gasteiger partial charge in [-0.2, -0.15) is 0 Å². The number of morpholine rings is 1. The van der Waals surface area contributed by atoms with Crippen LogP contribution in [0.25, 0.3) is 21.9 Å². The third-order valence-electron chi connectivity index (χ3n) is 6.21. The molecule has 0 aliphatic carbocycles. The molecule has 1 amide bonds. The summed E-state index contributed by atoms with van der Waals surface area (Å²) in [6.07, 6.45) is 0. The lowest BCUT2D eigenvalue weighted by atomic mass is 10.0. The van der Waals surface area contributed by atoms with Gasteiger partial charge >= 0.3 is 0 Å². The molecule has 178 valence electrons. The van der Waals surface area contributed by atoms with Crippen molar-refractivity contribution in [2.45, 2.75) is 0 Å². The molecule has 0 saturated carbocycles. The Kier molecular flexibility index (Phi) is 7.02. The number of benzene rings is 4. The van der Waals surface area contributed by atoms with Crippen molar-refractivity contribution in [3.05, 3.63) is 96.3 Å². The zero-order valence-electron chi connectivity index (χ0n) is 19.4. The quantitative estimate of drug-likeness (QED) is 0.382. The molecule has 0 unspecified atom stereocenters. The fourth-order valence-corrected chi connectivity index (χ4v) is 4.33. The second-order valence-electron chi connectivity index (χ2n) is 8.47. The van der Waals surface area contributed by atoms with Crippen LogP contribution >= 0.6 is 0 Å². The lowest BCUT2D eigenvalue weighted by Crippen LogP contribution is -2.38. The molecule has 35 heavy (non-hydrogen) atoms. The molecule has 1 aliphatic heterocycles. The molecule has 4 aromatic carbocycles. The van der Waals surface area contributed by atoms with Gasteiger partial charge in [0, 0.05) is 47.2 Å². The Morgan fingerprint density at radius 1 is 0.914 bits per heavy atom. The smallest absolute Gasteiger partial charge is 0.255 e. The van der Waals surface area contributed by atoms with Crippen LogP contribution in [0.2, 0.25) is 0 Å². The van der Waals surface area contributed by atoms with Gasteiger partial charge in [0.1, 0.15) is 18.2 Å². The van der Waals surface area contributed by atoms with Crippen LogP contribution in [0.4, 0.5) is 10.1 Å². The molecule has 1 heterocycles. The van der Waals surface area contributed by atoms with Crippen LogP contribution in [0.1, 0.15) is 10.4 Å². The molecule has 5 rings (SSSR count). The van der Waals surface area contributed by atoms with Crippen molar-refractivity contribution in [3.63, 3.8) is 0 Å². The number of anilines is 1. The second kappa shape index (κ2) is 10.7. The number of nitrogens with zero attached hydrogens (tertiary/aromatic N) is 1. The first-order valence-corrected chi connectivity index (χ1v) is 11.8. The van der Waals surface area contributed by atoms with Crippen molar-refractivity contribution in [2.75, 3.05) is 44.8 Å². The minimum absolute atomic E-state index is 0.255. The van der Waals surface area contributed by atoms with Gasteiger partial charge in [0.15, 0.2) is 0 Å². The van der Waals surface area contributed by atoms with E-state index in [1.807, 2.05) is 36.4 Å². The zero-order chi connectivity index (χ0) is 24.0. The number of carbonyl (C=O) groups is 1. The maximum atomic E-state index is 14.2. The van der Waals surface area contributed by atoms with E-state index in [4.69, 9.17) is 9.47 Å². The molecule has 4 aromatic rings. The highest BCUT2D eigenvalue weighted by atomic mass is 19.1. The molecule has 6 heteroatoms. The molecular formula is C29H27FN2O3. The molecular weight excluding hydrogens is 443 g/mol. The van der Waals surface area contributed by atoms with Crippen molar-refractivity contribution in [1.29, 1.82) is 0 Å². The van der Waals surface area contributed by atoms with Crippen LogP contribution < -0.4 is 10.1 Å². The Labute approximate surface area is 204 Å². The fraction of sp³-hybridized carbons (Fsp3) is 0.207. The highest BCUT2D eigenvalue weighted by Gasteiger charge is 2.14. The van der Waals surface area contributed by atoms with E-state index in [0.717, 1.165) is 49.4 Å². The van der Waals surface area contributed by atoms with Crippen molar-refractivity contribution < 1.29 is 18.7 Å². The molecule has 0 spiro atoms. The van der Waals surface area contributed by atoms with Crippen molar-refractivity contribution in [1.82, 2.24) is 4.90 Å². The van der Waals surface area contributed by atoms with Crippen LogP contribution in [-0.2, 0) is 4.74 Å². The maximum Gasteiger partial charge on any atom is 0.255 e. The van der Waals surface area contributed by atoms with Crippen LogP contribution in [0.5, 0.6) is 5.75 Å². The van der Waals surface area contributed by atoms with E-state index in [1.54, 1.807) is 42.5 Å². The maximum absolute atomic E-state index is 14.2. The Morgan fingerprint density at radius 2 is 1.69 bits per heavy atom. The molecule has 5 nitrogen and oxygen atoms in total. The van der Waals surface area contributed by atoms with E-state index < -0.39 is 0 Å². The predicted molar refractivity (Wildman–Crippen MR) is 136 cm³/mol. The summed E-state index contributed by atoms with van der Waals surface area (Å²) < 4.78 is 25.8. The van der Waals surface area contributed by atoms with Gasteiger partial charge in [-0.05, 0) is 35.9 Å². The van der Waals surface area contributed by atoms with E-state index >= 15 is 0 Å². The molecule has 0 atom stereocenters. The number of fused-ring (bicyclic) bond motifs is 1. The predicted octanol–water partition coefficient (Wildman–Crippen LogP) is 5.61. The Bertz CT molecular complexity index is 1330. The van der Waals surface area contributed by atoms with Crippen LogP contribution in [-0.4, -0.2) is 50.3 Å². The number of carbonyl (C=O) groups excluding carboxylic acids is 1. The van der Waals surface area contributed by atoms with Gasteiger partial charge in [-0.3, -0.25) is 9.69 Å². The summed E-state index contributed by atoms with van der Waals surface area (Å²) in [6.45, 7) is 4.80. The van der Waals surface area contributed by atoms with E-state index in [9.17, 15) is 9.18 Å². The normalized spacial score (nSPS) is 14.1. The molecule has 1 fully saturated rings. The fourth-order valence-electron chi connectivity index (χ4n) is 4.33. The summed E-state index contributed by atoms with van der Waals surface area (Å²) >= 11 is 0. The van der Waals surface area contributed by atoms with Gasteiger partial charge in [0.2, 0.25) is 0 Å². The van der Waals surface area contributed by atoms with Crippen molar-refractivity contribution in [2.24, 2.45) is 0 Å². The Hall–Kier alpha value is -3.74. The minimum atomic E-state index is -0.319. The number of hydrogen-bond donors (Lipinski definition) is 1. The topological polar surface area (TPSA) is 50.8 Å². The SMILES string of the molecule is O=C(Nc1ccc(OCCN2CCOCC2)c2ccccc12)c1cccc(-c2ccccc2F)c1. The number of hydrogen-bond acceptors (Lipinski definition) is 4. The summed E-state index contributed by atoms with van der Waals surface area (Å²) in [5.74, 6) is 0.211. The minimum Gasteiger partial charge on any atom is -0.492 e. The Balaban J connectivity index is 1.33. The third kappa shape index (κ3) is 5.34. The molecule has 0 radical (unpaired) electrons. The standard InChI is InChI=1S/C29H27FN2O3/c30-26-11-4-3-8-23(26)21-6-5-7-22(20-21)29(33)31-27-12-13-28(25-10-2-1-9-24(25)27)35-19-16-32-14-17-34-18-15-32/h1-13,20H,14-19H2,(H,31,33). The van der Waals surface area contributed by atoms with Crippen LogP contribution in [0, 0.1) is 5.82 Å². The third-order valence-corrected chi connectivity index (χ3v) is 6.21. The average Bonchev–Trinajstić information content (AvgIpc) is 2.91. The number of ether oxygens (including phenoxy) is 2. The summed E-state index contributed by atoms with van der Waals surface area (Å²) in [5, 5.41) is 4.85. The zero-order valence-corrected chi connectivity index (χ0v) is 19.4. The van der Waals surface area contributed by atoms with Crippen molar-refractivity contribution in [3.8, 4) is 16.9 Å². The van der Waals surface area contributed by atoms with Gasteiger partial charge < -0.3 is 14.8 Å². The number of amides is 1. The summed E-state index contributed by atoms with van der Waals surface area (Å²) in [4.78, 5) is 15.4. The first-order valence-electron chi connectivity index (χ1n) is 11.8. The first-order chi connectivity index (χ1) is 17.2. The van der Waals surface area contributed by atoms with Crippen molar-refractivity contribution >= 4 is 22.4 Å². The van der Waals surface area contributed by atoms with E-state index in [0.29, 0.717) is 29.0 Å². The highest BCUT2D eigenvalue weighted by Crippen LogP contribution is 2.32. The summed E-state index contributed by atoms with van der Waals surface area (Å²) in [5.41, 5.74) is 2.28. The molecule has 1 saturated heterocycles. The largest absolute Gasteiger partial charge is 0.492 e. The average molecular weight is 471 g/mol. The second-order valence-corrected chi connectivity index (χ2v) is 8.47. The highest BCUT2D eigenvalue weighted by molar-refractivity contribution is 6.10. The van der Waals surface area contributed by atoms with E-state index in [1.165, 1.54) is 6.07 Å². The molecule has 0 bridgehead atoms. The van der Waals surface area contributed by atoms with Gasteiger partial charge in [-0.15, -0.1) is 0 Å². The van der Waals surface area contributed by atoms with E-state index in [2.05, 4.69) is 10.2 Å². The van der Waals surface area contributed by atoms with E-state index in [-0.39, 0.29) is 11.7 Å². The summed E-state index contributed by atoms with van der Waals surface area (Å²) in [7, 11) is 0. The van der Waals surface area contributed by atoms with Crippen LogP contribution in [0.15, 0.2) is 84.9 Å². The molecule has 0 aromatic heterocycles.